The molecule has 3 N–H and O–H groups in total. The average molecular weight is 568 g/mol. The van der Waals surface area contributed by atoms with E-state index in [4.69, 9.17) is 10.3 Å². The van der Waals surface area contributed by atoms with Crippen LogP contribution in [0.2, 0.25) is 0 Å². The van der Waals surface area contributed by atoms with E-state index in [-0.39, 0.29) is 22.0 Å². The number of rotatable bonds is 7. The van der Waals surface area contributed by atoms with Crippen LogP contribution in [0.1, 0.15) is 65.7 Å². The predicted molar refractivity (Wildman–Crippen MR) is 148 cm³/mol. The molecule has 0 aliphatic carbocycles. The number of halogens is 4. The average Bonchev–Trinajstić information content (AvgIpc) is 3.40. The number of primary amides is 1. The van der Waals surface area contributed by atoms with Crippen molar-refractivity contribution in [1.82, 2.24) is 9.72 Å². The Morgan fingerprint density at radius 3 is 2.34 bits per heavy atom. The van der Waals surface area contributed by atoms with E-state index in [1.54, 1.807) is 62.4 Å². The van der Waals surface area contributed by atoms with Crippen LogP contribution in [-0.4, -0.2) is 26.9 Å². The first-order valence-corrected chi connectivity index (χ1v) is 13.1. The van der Waals surface area contributed by atoms with Gasteiger partial charge in [-0.25, -0.2) is 4.39 Å². The van der Waals surface area contributed by atoms with Gasteiger partial charge in [-0.05, 0) is 57.4 Å². The van der Waals surface area contributed by atoms with Crippen molar-refractivity contribution in [3.05, 3.63) is 88.6 Å². The number of amides is 1. The van der Waals surface area contributed by atoms with E-state index in [0.717, 1.165) is 0 Å². The van der Waals surface area contributed by atoms with Gasteiger partial charge in [0.15, 0.2) is 5.82 Å². The van der Waals surface area contributed by atoms with Crippen molar-refractivity contribution < 1.29 is 32.0 Å². The molecular weight excluding hydrogens is 538 g/mol. The third-order valence-electron chi connectivity index (χ3n) is 7.45. The van der Waals surface area contributed by atoms with Crippen molar-refractivity contribution in [2.45, 2.75) is 58.4 Å². The van der Waals surface area contributed by atoms with Crippen LogP contribution in [0.5, 0.6) is 0 Å². The summed E-state index contributed by atoms with van der Waals surface area (Å²) in [6, 6.07) is 13.8. The minimum Gasteiger partial charge on any atom is -0.386 e. The summed E-state index contributed by atoms with van der Waals surface area (Å²) < 4.78 is 64.2. The van der Waals surface area contributed by atoms with Gasteiger partial charge in [0.05, 0.1) is 28.4 Å². The summed E-state index contributed by atoms with van der Waals surface area (Å²) in [7, 11) is 0. The summed E-state index contributed by atoms with van der Waals surface area (Å²) in [5, 5.41) is 15.3. The molecule has 2 heterocycles. The highest BCUT2D eigenvalue weighted by Gasteiger charge is 2.33. The molecule has 0 aliphatic heterocycles. The molecule has 0 aliphatic rings. The minimum atomic E-state index is -4.47. The second-order valence-corrected chi connectivity index (χ2v) is 10.8. The minimum absolute atomic E-state index is 0.0333. The van der Waals surface area contributed by atoms with Crippen molar-refractivity contribution in [3.63, 3.8) is 0 Å². The van der Waals surface area contributed by atoms with Gasteiger partial charge in [-0.3, -0.25) is 4.79 Å². The molecule has 3 aromatic carbocycles. The van der Waals surface area contributed by atoms with Gasteiger partial charge in [0.2, 0.25) is 5.91 Å². The summed E-state index contributed by atoms with van der Waals surface area (Å²) in [4.78, 5) is 12.9. The molecule has 1 atom stereocenters. The Hall–Kier alpha value is -4.18. The highest BCUT2D eigenvalue weighted by atomic mass is 19.4. The maximum absolute atomic E-state index is 16.5. The van der Waals surface area contributed by atoms with Crippen LogP contribution in [0.25, 0.3) is 32.9 Å². The van der Waals surface area contributed by atoms with E-state index in [9.17, 15) is 23.1 Å². The smallest absolute Gasteiger partial charge is 0.386 e. The quantitative estimate of drug-likeness (QED) is 0.200. The first kappa shape index (κ1) is 28.4. The molecule has 0 radical (unpaired) electrons. The number of hydrogen-bond acceptors (Lipinski definition) is 4. The van der Waals surface area contributed by atoms with Gasteiger partial charge in [-0.15, -0.1) is 0 Å². The van der Waals surface area contributed by atoms with Crippen molar-refractivity contribution >= 4 is 27.7 Å². The standard InChI is InChI=1S/C31H29F4N3O3/c1-16-25(17(2)41-37-16)19-14-21(29(36)39)26-20-10-11-22(30(3,4)40)27(32)28(20)38(24(26)15-19)23(12-13-31(33,34)35)18-8-6-5-7-9-18/h5-11,14-15,23,40H,12-13H2,1-4H3,(H2,36,39). The highest BCUT2D eigenvalue weighted by Crippen LogP contribution is 2.44. The van der Waals surface area contributed by atoms with E-state index in [2.05, 4.69) is 5.16 Å². The van der Waals surface area contributed by atoms with Gasteiger partial charge < -0.3 is 19.9 Å². The number of aromatic nitrogens is 2. The molecule has 0 saturated heterocycles. The largest absolute Gasteiger partial charge is 0.389 e. The predicted octanol–water partition coefficient (Wildman–Crippen LogP) is 7.46. The van der Waals surface area contributed by atoms with Gasteiger partial charge in [-0.1, -0.05) is 47.6 Å². The number of alkyl halides is 3. The van der Waals surface area contributed by atoms with E-state index < -0.39 is 42.4 Å². The molecule has 0 saturated carbocycles. The number of nitrogens with two attached hydrogens (primary N) is 1. The second kappa shape index (κ2) is 10.0. The number of hydrogen-bond donors (Lipinski definition) is 2. The summed E-state index contributed by atoms with van der Waals surface area (Å²) in [5.41, 5.74) is 6.71. The Balaban J connectivity index is 1.99. The van der Waals surface area contributed by atoms with E-state index in [0.29, 0.717) is 39.0 Å². The van der Waals surface area contributed by atoms with Gasteiger partial charge in [0.25, 0.3) is 0 Å². The number of benzene rings is 3. The van der Waals surface area contributed by atoms with Crippen molar-refractivity contribution in [2.75, 3.05) is 0 Å². The third kappa shape index (κ3) is 5.08. The zero-order valence-electron chi connectivity index (χ0n) is 22.9. The normalized spacial score (nSPS) is 13.3. The number of nitrogens with zero attached hydrogens (tertiary/aromatic N) is 2. The summed E-state index contributed by atoms with van der Waals surface area (Å²) >= 11 is 0. The highest BCUT2D eigenvalue weighted by molar-refractivity contribution is 6.19. The number of carbonyl (C=O) groups excluding carboxylic acids is 1. The topological polar surface area (TPSA) is 94.3 Å². The lowest BCUT2D eigenvalue weighted by Crippen LogP contribution is -2.19. The molecule has 41 heavy (non-hydrogen) atoms. The summed E-state index contributed by atoms with van der Waals surface area (Å²) in [6.45, 7) is 6.27. The van der Waals surface area contributed by atoms with Gasteiger partial charge in [0.1, 0.15) is 5.76 Å². The Labute approximate surface area is 233 Å². The molecule has 0 fully saturated rings. The third-order valence-corrected chi connectivity index (χ3v) is 7.45. The lowest BCUT2D eigenvalue weighted by atomic mass is 9.94. The van der Waals surface area contributed by atoms with E-state index in [1.165, 1.54) is 24.5 Å². The number of fused-ring (bicyclic) bond motifs is 3. The van der Waals surface area contributed by atoms with E-state index >= 15 is 4.39 Å². The molecule has 214 valence electrons. The molecule has 10 heteroatoms. The molecule has 2 aromatic heterocycles. The number of carbonyl (C=O) groups is 1. The molecule has 1 amide bonds. The fourth-order valence-electron chi connectivity index (χ4n) is 5.67. The monoisotopic (exact) mass is 567 g/mol. The zero-order valence-corrected chi connectivity index (χ0v) is 22.9. The van der Waals surface area contributed by atoms with Crippen LogP contribution in [0.15, 0.2) is 59.1 Å². The lowest BCUT2D eigenvalue weighted by Gasteiger charge is -2.25. The van der Waals surface area contributed by atoms with Crippen LogP contribution in [0.4, 0.5) is 17.6 Å². The first-order chi connectivity index (χ1) is 19.2. The Morgan fingerprint density at radius 2 is 1.78 bits per heavy atom. The van der Waals surface area contributed by atoms with Crippen molar-refractivity contribution in [2.24, 2.45) is 5.73 Å². The molecule has 6 nitrogen and oxygen atoms in total. The van der Waals surface area contributed by atoms with Gasteiger partial charge in [-0.2, -0.15) is 13.2 Å². The zero-order chi connectivity index (χ0) is 29.9. The van der Waals surface area contributed by atoms with Gasteiger partial charge in [0, 0.05) is 33.9 Å². The summed E-state index contributed by atoms with van der Waals surface area (Å²) in [5.74, 6) is -1.12. The van der Waals surface area contributed by atoms with Crippen LogP contribution >= 0.6 is 0 Å². The Morgan fingerprint density at radius 1 is 1.10 bits per heavy atom. The van der Waals surface area contributed by atoms with Gasteiger partial charge >= 0.3 is 6.18 Å². The number of aryl methyl sites for hydroxylation is 2. The van der Waals surface area contributed by atoms with Crippen molar-refractivity contribution in [1.29, 1.82) is 0 Å². The Kier molecular flexibility index (Phi) is 6.93. The molecule has 0 spiro atoms. The molecule has 1 unspecified atom stereocenters. The lowest BCUT2D eigenvalue weighted by molar-refractivity contribution is -0.136. The SMILES string of the molecule is Cc1noc(C)c1-c1cc(C(N)=O)c2c3ccc(C(C)(C)O)c(F)c3n(C(CCC(F)(F)F)c3ccccc3)c2c1. The maximum Gasteiger partial charge on any atom is 0.389 e. The fraction of sp³-hybridized carbons (Fsp3) is 0.290. The molecule has 5 rings (SSSR count). The number of aliphatic hydroxyl groups is 1. The van der Waals surface area contributed by atoms with Crippen LogP contribution in [-0.2, 0) is 5.60 Å². The van der Waals surface area contributed by atoms with Crippen LogP contribution in [0, 0.1) is 19.7 Å². The first-order valence-electron chi connectivity index (χ1n) is 13.1. The van der Waals surface area contributed by atoms with Crippen LogP contribution < -0.4 is 5.73 Å². The molecular formula is C31H29F4N3O3. The van der Waals surface area contributed by atoms with Crippen molar-refractivity contribution in [3.8, 4) is 11.1 Å². The molecule has 0 bridgehead atoms. The Bertz CT molecular complexity index is 1760. The van der Waals surface area contributed by atoms with Crippen LogP contribution in [0.3, 0.4) is 0 Å². The molecule has 5 aromatic rings. The van der Waals surface area contributed by atoms with E-state index in [1.807, 2.05) is 0 Å². The summed E-state index contributed by atoms with van der Waals surface area (Å²) in [6.07, 6.45) is -6.00. The second-order valence-electron chi connectivity index (χ2n) is 10.8. The maximum atomic E-state index is 16.5. The fourth-order valence-corrected chi connectivity index (χ4v) is 5.67.